The number of benzene rings is 1. The summed E-state index contributed by atoms with van der Waals surface area (Å²) in [6.45, 7) is 0. The fourth-order valence-electron chi connectivity index (χ4n) is 1.72. The minimum absolute atomic E-state index is 0.0210. The lowest BCUT2D eigenvalue weighted by molar-refractivity contribution is -0.136. The number of fused-ring (bicyclic) bond motifs is 1. The van der Waals surface area contributed by atoms with Crippen molar-refractivity contribution < 1.29 is 14.6 Å². The molecule has 0 aliphatic heterocycles. The molecule has 0 bridgehead atoms. The maximum atomic E-state index is 10.7. The number of rotatable bonds is 3. The number of ether oxygens (including phenoxy) is 1. The first kappa shape index (κ1) is 11.0. The van der Waals surface area contributed by atoms with Gasteiger partial charge >= 0.3 is 5.97 Å². The summed E-state index contributed by atoms with van der Waals surface area (Å²) in [4.78, 5) is 13.8. The molecule has 0 fully saturated rings. The number of aromatic nitrogens is 1. The van der Waals surface area contributed by atoms with Gasteiger partial charge < -0.3 is 14.8 Å². The van der Waals surface area contributed by atoms with Gasteiger partial charge in [-0.3, -0.25) is 4.79 Å². The molecule has 2 aromatic rings. The van der Waals surface area contributed by atoms with Gasteiger partial charge in [-0.2, -0.15) is 0 Å². The Morgan fingerprint density at radius 1 is 1.56 bits per heavy atom. The molecule has 1 heterocycles. The van der Waals surface area contributed by atoms with Crippen LogP contribution in [0, 0.1) is 0 Å². The van der Waals surface area contributed by atoms with Crippen molar-refractivity contribution in [2.75, 3.05) is 7.11 Å². The van der Waals surface area contributed by atoms with Gasteiger partial charge in [0.05, 0.1) is 19.0 Å². The second-order valence-electron chi connectivity index (χ2n) is 3.38. The number of aromatic amines is 1. The lowest BCUT2D eigenvalue weighted by Crippen LogP contribution is -1.99. The van der Waals surface area contributed by atoms with E-state index in [9.17, 15) is 4.79 Å². The topological polar surface area (TPSA) is 62.3 Å². The monoisotopic (exact) mass is 283 g/mol. The van der Waals surface area contributed by atoms with E-state index in [2.05, 4.69) is 20.9 Å². The van der Waals surface area contributed by atoms with Gasteiger partial charge in [-0.1, -0.05) is 0 Å². The smallest absolute Gasteiger partial charge is 0.307 e. The van der Waals surface area contributed by atoms with Crippen LogP contribution in [-0.2, 0) is 11.2 Å². The highest BCUT2D eigenvalue weighted by Crippen LogP contribution is 2.33. The van der Waals surface area contributed by atoms with Crippen LogP contribution in [0.4, 0.5) is 0 Å². The van der Waals surface area contributed by atoms with Crippen LogP contribution in [0.25, 0.3) is 10.9 Å². The number of nitrogens with one attached hydrogen (secondary N) is 1. The molecule has 2 rings (SSSR count). The van der Waals surface area contributed by atoms with E-state index in [1.807, 2.05) is 12.1 Å². The van der Waals surface area contributed by atoms with Crippen molar-refractivity contribution in [2.45, 2.75) is 6.42 Å². The maximum absolute atomic E-state index is 10.7. The normalized spacial score (nSPS) is 10.6. The predicted octanol–water partition coefficient (Wildman–Crippen LogP) is 2.57. The number of carboxylic acids is 1. The van der Waals surface area contributed by atoms with E-state index >= 15 is 0 Å². The molecular weight excluding hydrogens is 274 g/mol. The van der Waals surface area contributed by atoms with Gasteiger partial charge in [0.15, 0.2) is 0 Å². The number of hydrogen-bond donors (Lipinski definition) is 2. The minimum atomic E-state index is -0.858. The molecule has 0 radical (unpaired) electrons. The third-order valence-corrected chi connectivity index (χ3v) is 3.05. The minimum Gasteiger partial charge on any atom is -0.496 e. The van der Waals surface area contributed by atoms with E-state index < -0.39 is 5.97 Å². The van der Waals surface area contributed by atoms with E-state index in [4.69, 9.17) is 9.84 Å². The number of H-pyrrole nitrogens is 1. The van der Waals surface area contributed by atoms with Gasteiger partial charge in [0.2, 0.25) is 0 Å². The zero-order valence-corrected chi connectivity index (χ0v) is 10.2. The molecule has 1 aromatic heterocycles. The molecule has 0 saturated carbocycles. The largest absolute Gasteiger partial charge is 0.496 e. The molecule has 5 heteroatoms. The molecule has 1 aromatic carbocycles. The Hall–Kier alpha value is -1.49. The van der Waals surface area contributed by atoms with Gasteiger partial charge in [0.1, 0.15) is 5.75 Å². The Morgan fingerprint density at radius 3 is 2.94 bits per heavy atom. The Labute approximate surface area is 100 Å². The van der Waals surface area contributed by atoms with Crippen LogP contribution in [0.5, 0.6) is 5.75 Å². The van der Waals surface area contributed by atoms with Gasteiger partial charge in [-0.05, 0) is 33.6 Å². The standard InChI is InChI=1S/C11H10BrNO3/c1-16-8-3-2-7(12)11-10(8)6(5-13-11)4-9(14)15/h2-3,5,13H,4H2,1H3,(H,14,15). The Bertz CT molecular complexity index is 547. The van der Waals surface area contributed by atoms with Crippen LogP contribution in [0.1, 0.15) is 5.56 Å². The number of carbonyl (C=O) groups is 1. The summed E-state index contributed by atoms with van der Waals surface area (Å²) in [5.74, 6) is -0.182. The van der Waals surface area contributed by atoms with Crippen molar-refractivity contribution in [3.8, 4) is 5.75 Å². The molecule has 0 saturated heterocycles. The van der Waals surface area contributed by atoms with E-state index in [1.165, 1.54) is 0 Å². The summed E-state index contributed by atoms with van der Waals surface area (Å²) in [7, 11) is 1.57. The van der Waals surface area contributed by atoms with Crippen LogP contribution < -0.4 is 4.74 Å². The first-order valence-electron chi connectivity index (χ1n) is 4.67. The molecule has 0 amide bonds. The van der Waals surface area contributed by atoms with Crippen molar-refractivity contribution in [2.24, 2.45) is 0 Å². The number of hydrogen-bond acceptors (Lipinski definition) is 2. The van der Waals surface area contributed by atoms with Gasteiger partial charge in [-0.25, -0.2) is 0 Å². The van der Waals surface area contributed by atoms with Crippen molar-refractivity contribution in [1.82, 2.24) is 4.98 Å². The van der Waals surface area contributed by atoms with E-state index in [1.54, 1.807) is 13.3 Å². The highest BCUT2D eigenvalue weighted by Gasteiger charge is 2.13. The molecular formula is C11H10BrNO3. The Balaban J connectivity index is 2.67. The van der Waals surface area contributed by atoms with Crippen LogP contribution in [0.15, 0.2) is 22.8 Å². The fourth-order valence-corrected chi connectivity index (χ4v) is 2.17. The second kappa shape index (κ2) is 4.17. The third-order valence-electron chi connectivity index (χ3n) is 2.39. The number of methoxy groups -OCH3 is 1. The molecule has 0 atom stereocenters. The summed E-state index contributed by atoms with van der Waals surface area (Å²) in [6, 6.07) is 3.67. The Kier molecular flexibility index (Phi) is 2.87. The van der Waals surface area contributed by atoms with Crippen molar-refractivity contribution in [3.63, 3.8) is 0 Å². The molecule has 0 aliphatic carbocycles. The predicted molar refractivity (Wildman–Crippen MR) is 63.9 cm³/mol. The number of carboxylic acid groups (broad SMARTS) is 1. The molecule has 0 unspecified atom stereocenters. The summed E-state index contributed by atoms with van der Waals surface area (Å²) in [6.07, 6.45) is 1.68. The third kappa shape index (κ3) is 1.78. The van der Waals surface area contributed by atoms with E-state index in [-0.39, 0.29) is 6.42 Å². The highest BCUT2D eigenvalue weighted by atomic mass is 79.9. The first-order chi connectivity index (χ1) is 7.63. The maximum Gasteiger partial charge on any atom is 0.307 e. The van der Waals surface area contributed by atoms with Crippen LogP contribution in [0.3, 0.4) is 0 Å². The summed E-state index contributed by atoms with van der Waals surface area (Å²) in [5, 5.41) is 9.63. The zero-order valence-electron chi connectivity index (χ0n) is 8.58. The lowest BCUT2D eigenvalue weighted by atomic mass is 10.1. The van der Waals surface area contributed by atoms with Crippen molar-refractivity contribution in [1.29, 1.82) is 0 Å². The van der Waals surface area contributed by atoms with Gasteiger partial charge in [0, 0.05) is 16.1 Å². The summed E-state index contributed by atoms with van der Waals surface area (Å²) in [5.41, 5.74) is 1.58. The lowest BCUT2D eigenvalue weighted by Gasteiger charge is -2.04. The molecule has 16 heavy (non-hydrogen) atoms. The van der Waals surface area contributed by atoms with Crippen molar-refractivity contribution in [3.05, 3.63) is 28.4 Å². The van der Waals surface area contributed by atoms with Crippen LogP contribution in [0.2, 0.25) is 0 Å². The van der Waals surface area contributed by atoms with Crippen LogP contribution >= 0.6 is 15.9 Å². The van der Waals surface area contributed by atoms with Crippen molar-refractivity contribution >= 4 is 32.8 Å². The fraction of sp³-hybridized carbons (Fsp3) is 0.182. The van der Waals surface area contributed by atoms with E-state index in [0.717, 1.165) is 20.9 Å². The number of aliphatic carboxylic acids is 1. The average Bonchev–Trinajstić information content (AvgIpc) is 2.63. The second-order valence-corrected chi connectivity index (χ2v) is 4.24. The highest BCUT2D eigenvalue weighted by molar-refractivity contribution is 9.10. The summed E-state index contributed by atoms with van der Waals surface area (Å²) < 4.78 is 6.12. The quantitative estimate of drug-likeness (QED) is 0.910. The Morgan fingerprint density at radius 2 is 2.31 bits per heavy atom. The molecule has 84 valence electrons. The molecule has 2 N–H and O–H groups in total. The average molecular weight is 284 g/mol. The van der Waals surface area contributed by atoms with E-state index in [0.29, 0.717) is 5.75 Å². The molecule has 0 spiro atoms. The van der Waals surface area contributed by atoms with Gasteiger partial charge in [0.25, 0.3) is 0 Å². The van der Waals surface area contributed by atoms with Crippen LogP contribution in [-0.4, -0.2) is 23.2 Å². The van der Waals surface area contributed by atoms with Gasteiger partial charge in [-0.15, -0.1) is 0 Å². The molecule has 4 nitrogen and oxygen atoms in total. The SMILES string of the molecule is COc1ccc(Br)c2[nH]cc(CC(=O)O)c12. The summed E-state index contributed by atoms with van der Waals surface area (Å²) >= 11 is 3.41. The first-order valence-corrected chi connectivity index (χ1v) is 5.47. The number of halogens is 1. The zero-order chi connectivity index (χ0) is 11.7. The molecule has 0 aliphatic rings.